The third-order valence-electron chi connectivity index (χ3n) is 6.28. The summed E-state index contributed by atoms with van der Waals surface area (Å²) in [6.45, 7) is 1.47. The summed E-state index contributed by atoms with van der Waals surface area (Å²) in [5.74, 6) is -2.77. The molecule has 1 aromatic heterocycles. The molecule has 1 aliphatic carbocycles. The predicted octanol–water partition coefficient (Wildman–Crippen LogP) is 3.40. The number of benzene rings is 1. The third kappa shape index (κ3) is 6.08. The summed E-state index contributed by atoms with van der Waals surface area (Å²) in [7, 11) is -1.30. The summed E-state index contributed by atoms with van der Waals surface area (Å²) in [5.41, 5.74) is 1.73. The van der Waals surface area contributed by atoms with Crippen LogP contribution in [0.3, 0.4) is 0 Å². The van der Waals surface area contributed by atoms with Crippen molar-refractivity contribution in [2.24, 2.45) is 5.92 Å². The van der Waals surface area contributed by atoms with Crippen LogP contribution in [0.2, 0.25) is 0 Å². The number of aromatic nitrogens is 2. The molecule has 34 heavy (non-hydrogen) atoms. The first-order valence-electron chi connectivity index (χ1n) is 11.6. The number of aryl methyl sites for hydroxylation is 2. The van der Waals surface area contributed by atoms with Crippen molar-refractivity contribution >= 4 is 28.4 Å². The van der Waals surface area contributed by atoms with Crippen molar-refractivity contribution in [3.8, 4) is 0 Å². The first-order valence-corrected chi connectivity index (χ1v) is 13.3. The van der Waals surface area contributed by atoms with Gasteiger partial charge in [0.2, 0.25) is 5.91 Å². The van der Waals surface area contributed by atoms with Crippen LogP contribution in [0, 0.1) is 5.92 Å². The Morgan fingerprint density at radius 1 is 1.32 bits per heavy atom. The fraction of sp³-hybridized carbons (Fsp3) is 0.542. The van der Waals surface area contributed by atoms with Crippen LogP contribution in [-0.2, 0) is 40.9 Å². The fourth-order valence-corrected chi connectivity index (χ4v) is 4.74. The number of fused-ring (bicyclic) bond motifs is 1. The molecule has 0 bridgehead atoms. The average Bonchev–Trinajstić information content (AvgIpc) is 3.51. The van der Waals surface area contributed by atoms with Gasteiger partial charge in [-0.3, -0.25) is 13.8 Å². The summed E-state index contributed by atoms with van der Waals surface area (Å²) >= 11 is 0. The van der Waals surface area contributed by atoms with Gasteiger partial charge in [0.1, 0.15) is 17.1 Å². The maximum atomic E-state index is 13.6. The number of nitrogens with zero attached hydrogens (tertiary/aromatic N) is 2. The lowest BCUT2D eigenvalue weighted by Crippen LogP contribution is -2.41. The molecule has 2 N–H and O–H groups in total. The Morgan fingerprint density at radius 2 is 2.09 bits per heavy atom. The number of carbonyl (C=O) groups is 2. The van der Waals surface area contributed by atoms with Gasteiger partial charge in [-0.2, -0.15) is 5.10 Å². The number of carbonyl (C=O) groups excluding carboxylic acids is 2. The summed E-state index contributed by atoms with van der Waals surface area (Å²) in [6.07, 6.45) is 6.36. The van der Waals surface area contributed by atoms with Gasteiger partial charge in [0.05, 0.1) is 5.69 Å². The van der Waals surface area contributed by atoms with E-state index in [2.05, 4.69) is 15.7 Å². The highest BCUT2D eigenvalue weighted by molar-refractivity contribution is 7.85. The van der Waals surface area contributed by atoms with Gasteiger partial charge in [-0.1, -0.05) is 31.0 Å². The summed E-state index contributed by atoms with van der Waals surface area (Å²) in [4.78, 5) is 25.3. The van der Waals surface area contributed by atoms with Crippen LogP contribution in [0.25, 0.3) is 0 Å². The van der Waals surface area contributed by atoms with Gasteiger partial charge < -0.3 is 10.6 Å². The molecule has 2 heterocycles. The molecular formula is C24H30F2N4O3S. The molecule has 1 saturated carbocycles. The normalized spacial score (nSPS) is 18.8. The van der Waals surface area contributed by atoms with Crippen LogP contribution < -0.4 is 10.6 Å². The van der Waals surface area contributed by atoms with E-state index in [1.165, 1.54) is 31.2 Å². The molecule has 2 amide bonds. The lowest BCUT2D eigenvalue weighted by Gasteiger charge is -2.23. The molecular weight excluding hydrogens is 462 g/mol. The standard InChI is InChI=1S/C24H30F2N4O3S/c1-24(25,26)17-5-3-4-16(12-17)8-9-18-13-19-21(23(32)27-18)22(28-20(31)14-34(2)33)30(29-19)11-10-15-6-7-15/h3-5,12,15,18H,6-11,13-14H2,1-2H3,(H,27,32)(H,28,31). The van der Waals surface area contributed by atoms with Crippen LogP contribution in [0.15, 0.2) is 24.3 Å². The third-order valence-corrected chi connectivity index (χ3v) is 6.95. The molecule has 1 aliphatic heterocycles. The largest absolute Gasteiger partial charge is 0.349 e. The second-order valence-electron chi connectivity index (χ2n) is 9.39. The smallest absolute Gasteiger partial charge is 0.270 e. The highest BCUT2D eigenvalue weighted by Gasteiger charge is 2.33. The number of anilines is 1. The molecule has 0 radical (unpaired) electrons. The minimum Gasteiger partial charge on any atom is -0.349 e. The lowest BCUT2D eigenvalue weighted by molar-refractivity contribution is -0.113. The van der Waals surface area contributed by atoms with Crippen molar-refractivity contribution in [3.05, 3.63) is 46.6 Å². The van der Waals surface area contributed by atoms with Crippen LogP contribution in [-0.4, -0.2) is 43.9 Å². The molecule has 2 unspecified atom stereocenters. The molecule has 0 saturated heterocycles. The van der Waals surface area contributed by atoms with E-state index in [-0.39, 0.29) is 23.3 Å². The van der Waals surface area contributed by atoms with Crippen molar-refractivity contribution < 1.29 is 22.6 Å². The van der Waals surface area contributed by atoms with Crippen molar-refractivity contribution in [2.75, 3.05) is 17.3 Å². The zero-order valence-electron chi connectivity index (χ0n) is 19.4. The van der Waals surface area contributed by atoms with Gasteiger partial charge in [-0.25, -0.2) is 13.5 Å². The maximum absolute atomic E-state index is 13.6. The van der Waals surface area contributed by atoms with Crippen LogP contribution in [0.1, 0.15) is 59.8 Å². The maximum Gasteiger partial charge on any atom is 0.270 e. The number of amides is 2. The Bertz CT molecular complexity index is 1110. The fourth-order valence-electron chi connectivity index (χ4n) is 4.30. The van der Waals surface area contributed by atoms with Gasteiger partial charge in [0.25, 0.3) is 11.8 Å². The van der Waals surface area contributed by atoms with Crippen molar-refractivity contribution in [1.82, 2.24) is 15.1 Å². The molecule has 7 nitrogen and oxygen atoms in total. The minimum absolute atomic E-state index is 0.0252. The molecule has 2 aliphatic rings. The summed E-state index contributed by atoms with van der Waals surface area (Å²) < 4.78 is 40.4. The van der Waals surface area contributed by atoms with E-state index in [4.69, 9.17) is 0 Å². The quantitative estimate of drug-likeness (QED) is 0.532. The van der Waals surface area contributed by atoms with Gasteiger partial charge >= 0.3 is 0 Å². The van der Waals surface area contributed by atoms with Gasteiger partial charge in [-0.05, 0) is 36.8 Å². The van der Waals surface area contributed by atoms with Crippen molar-refractivity contribution in [1.29, 1.82) is 0 Å². The first-order chi connectivity index (χ1) is 16.1. The van der Waals surface area contributed by atoms with Crippen molar-refractivity contribution in [3.63, 3.8) is 0 Å². The number of rotatable bonds is 10. The highest BCUT2D eigenvalue weighted by atomic mass is 32.2. The van der Waals surface area contributed by atoms with E-state index in [0.717, 1.165) is 18.9 Å². The Balaban J connectivity index is 1.49. The lowest BCUT2D eigenvalue weighted by atomic mass is 9.95. The highest BCUT2D eigenvalue weighted by Crippen LogP contribution is 2.34. The van der Waals surface area contributed by atoms with Crippen molar-refractivity contribution in [2.45, 2.75) is 64.0 Å². The Labute approximate surface area is 200 Å². The number of nitrogens with one attached hydrogen (secondary N) is 2. The van der Waals surface area contributed by atoms with E-state index in [0.29, 0.717) is 48.8 Å². The minimum atomic E-state index is -2.90. The molecule has 1 fully saturated rings. The van der Waals surface area contributed by atoms with Crippen LogP contribution in [0.5, 0.6) is 0 Å². The number of hydrogen-bond donors (Lipinski definition) is 2. The molecule has 2 aromatic rings. The van der Waals surface area contributed by atoms with E-state index < -0.39 is 22.6 Å². The van der Waals surface area contributed by atoms with E-state index in [9.17, 15) is 22.6 Å². The first kappa shape index (κ1) is 24.5. The second-order valence-corrected chi connectivity index (χ2v) is 10.8. The topological polar surface area (TPSA) is 93.1 Å². The van der Waals surface area contributed by atoms with Gasteiger partial charge in [-0.15, -0.1) is 0 Å². The number of hydrogen-bond acceptors (Lipinski definition) is 4. The Kier molecular flexibility index (Phi) is 7.16. The predicted molar refractivity (Wildman–Crippen MR) is 126 cm³/mol. The molecule has 4 rings (SSSR count). The Morgan fingerprint density at radius 3 is 2.76 bits per heavy atom. The number of halogens is 2. The van der Waals surface area contributed by atoms with Gasteiger partial charge in [0, 0.05) is 48.5 Å². The molecule has 10 heteroatoms. The Hall–Kier alpha value is -2.62. The molecule has 2 atom stereocenters. The molecule has 0 spiro atoms. The summed E-state index contributed by atoms with van der Waals surface area (Å²) in [6, 6.07) is 6.16. The van der Waals surface area contributed by atoms with Gasteiger partial charge in [0.15, 0.2) is 0 Å². The van der Waals surface area contributed by atoms with E-state index in [1.54, 1.807) is 10.7 Å². The summed E-state index contributed by atoms with van der Waals surface area (Å²) in [5, 5.41) is 10.4. The van der Waals surface area contributed by atoms with E-state index in [1.807, 2.05) is 6.07 Å². The van der Waals surface area contributed by atoms with E-state index >= 15 is 0 Å². The zero-order valence-corrected chi connectivity index (χ0v) is 20.2. The SMILES string of the molecule is CS(=O)CC(=O)Nc1c2c(nn1CCC1CC1)CC(CCc1cccc(C(C)(F)F)c1)NC2=O. The molecule has 1 aromatic carbocycles. The van der Waals surface area contributed by atoms with Crippen LogP contribution in [0.4, 0.5) is 14.6 Å². The zero-order chi connectivity index (χ0) is 24.5. The van der Waals surface area contributed by atoms with Crippen LogP contribution >= 0.6 is 0 Å². The average molecular weight is 493 g/mol. The second kappa shape index (κ2) is 9.93. The molecule has 184 valence electrons. The monoisotopic (exact) mass is 492 g/mol. The number of alkyl halides is 2.